The van der Waals surface area contributed by atoms with E-state index in [1.807, 2.05) is 30.3 Å². The molecule has 0 bridgehead atoms. The van der Waals surface area contributed by atoms with Crippen molar-refractivity contribution in [3.05, 3.63) is 75.2 Å². The van der Waals surface area contributed by atoms with Gasteiger partial charge < -0.3 is 25.0 Å². The number of nitrogens with one attached hydrogen (secondary N) is 2. The Balaban J connectivity index is 2.14. The van der Waals surface area contributed by atoms with Crippen LogP contribution in [0.15, 0.2) is 47.3 Å². The first-order valence-electron chi connectivity index (χ1n) is 9.40. The summed E-state index contributed by atoms with van der Waals surface area (Å²) in [6, 6.07) is 13.2. The summed E-state index contributed by atoms with van der Waals surface area (Å²) in [6.45, 7) is 0. The number of primary amides is 1. The third kappa shape index (κ3) is 4.32. The molecular formula is C22H25N3O5. The van der Waals surface area contributed by atoms with Gasteiger partial charge in [-0.05, 0) is 23.3 Å². The molecule has 3 aromatic rings. The molecule has 8 nitrogen and oxygen atoms in total. The Morgan fingerprint density at radius 2 is 1.63 bits per heavy atom. The van der Waals surface area contributed by atoms with Gasteiger partial charge in [-0.1, -0.05) is 30.3 Å². The maximum absolute atomic E-state index is 12.7. The summed E-state index contributed by atoms with van der Waals surface area (Å²) in [5.41, 5.74) is 8.05. The van der Waals surface area contributed by atoms with Gasteiger partial charge in [-0.3, -0.25) is 14.7 Å². The van der Waals surface area contributed by atoms with Crippen molar-refractivity contribution in [3.8, 4) is 17.2 Å². The lowest BCUT2D eigenvalue weighted by atomic mass is 9.86. The lowest BCUT2D eigenvalue weighted by Crippen LogP contribution is -2.21. The topological polar surface area (TPSA) is 119 Å². The smallest absolute Gasteiger partial charge is 0.267 e. The van der Waals surface area contributed by atoms with Crippen molar-refractivity contribution >= 4 is 5.91 Å². The standard InChI is InChI=1S/C22H25N3O5/c1-28-17-10-14(11-18(29-2)21(17)30-3)15(12-19(23)26)20-16(24-25-22(20)27)9-13-7-5-4-6-8-13/h4-8,10-11,15H,9,12H2,1-3H3,(H2,23,26)(H2,24,25,27). The van der Waals surface area contributed by atoms with Crippen LogP contribution >= 0.6 is 0 Å². The fraction of sp³-hybridized carbons (Fsp3) is 0.273. The van der Waals surface area contributed by atoms with Crippen molar-refractivity contribution in [1.82, 2.24) is 10.2 Å². The lowest BCUT2D eigenvalue weighted by Gasteiger charge is -2.20. The van der Waals surface area contributed by atoms with E-state index < -0.39 is 11.8 Å². The first-order chi connectivity index (χ1) is 14.5. The summed E-state index contributed by atoms with van der Waals surface area (Å²) >= 11 is 0. The summed E-state index contributed by atoms with van der Waals surface area (Å²) < 4.78 is 16.2. The molecule has 0 radical (unpaired) electrons. The molecule has 0 fully saturated rings. The first kappa shape index (κ1) is 21.0. The number of aromatic nitrogens is 2. The Morgan fingerprint density at radius 1 is 1.00 bits per heavy atom. The van der Waals surface area contributed by atoms with Gasteiger partial charge >= 0.3 is 0 Å². The normalized spacial score (nSPS) is 11.7. The van der Waals surface area contributed by atoms with Crippen LogP contribution in [0.4, 0.5) is 0 Å². The summed E-state index contributed by atoms with van der Waals surface area (Å²) in [4.78, 5) is 24.6. The first-order valence-corrected chi connectivity index (χ1v) is 9.40. The SMILES string of the molecule is COc1cc(C(CC(N)=O)c2c(Cc3ccccc3)[nH][nH]c2=O)cc(OC)c1OC. The number of hydrogen-bond acceptors (Lipinski definition) is 5. The Bertz CT molecular complexity index is 1050. The highest BCUT2D eigenvalue weighted by Crippen LogP contribution is 2.42. The fourth-order valence-corrected chi connectivity index (χ4v) is 3.60. The highest BCUT2D eigenvalue weighted by Gasteiger charge is 2.27. The molecule has 158 valence electrons. The van der Waals surface area contributed by atoms with E-state index in [0.29, 0.717) is 40.5 Å². The van der Waals surface area contributed by atoms with Gasteiger partial charge in [0.15, 0.2) is 11.5 Å². The Labute approximate surface area is 174 Å². The maximum atomic E-state index is 12.7. The van der Waals surface area contributed by atoms with Crippen molar-refractivity contribution in [2.75, 3.05) is 21.3 Å². The zero-order chi connectivity index (χ0) is 21.7. The number of benzene rings is 2. The second kappa shape index (κ2) is 9.21. The second-order valence-corrected chi connectivity index (χ2v) is 6.82. The summed E-state index contributed by atoms with van der Waals surface area (Å²) in [6.07, 6.45) is 0.440. The van der Waals surface area contributed by atoms with Crippen LogP contribution in [0.5, 0.6) is 17.2 Å². The minimum absolute atomic E-state index is 0.0542. The van der Waals surface area contributed by atoms with Gasteiger partial charge in [-0.25, -0.2) is 0 Å². The number of aromatic amines is 2. The monoisotopic (exact) mass is 411 g/mol. The molecular weight excluding hydrogens is 386 g/mol. The van der Waals surface area contributed by atoms with Crippen LogP contribution in [-0.4, -0.2) is 37.4 Å². The average Bonchev–Trinajstić information content (AvgIpc) is 3.11. The summed E-state index contributed by atoms with van der Waals surface area (Å²) in [7, 11) is 4.53. The summed E-state index contributed by atoms with van der Waals surface area (Å²) in [5, 5.41) is 5.59. The van der Waals surface area contributed by atoms with Crippen molar-refractivity contribution in [2.24, 2.45) is 5.73 Å². The average molecular weight is 411 g/mol. The van der Waals surface area contributed by atoms with Crippen molar-refractivity contribution in [3.63, 3.8) is 0 Å². The number of carbonyl (C=O) groups is 1. The Hall–Kier alpha value is -3.68. The molecule has 30 heavy (non-hydrogen) atoms. The van der Waals surface area contributed by atoms with Gasteiger partial charge in [0.2, 0.25) is 11.7 Å². The Morgan fingerprint density at radius 3 is 2.17 bits per heavy atom. The van der Waals surface area contributed by atoms with Crippen LogP contribution in [0, 0.1) is 0 Å². The number of rotatable bonds is 9. The van der Waals surface area contributed by atoms with E-state index >= 15 is 0 Å². The molecule has 0 spiro atoms. The van der Waals surface area contributed by atoms with Crippen molar-refractivity contribution in [1.29, 1.82) is 0 Å². The molecule has 8 heteroatoms. The lowest BCUT2D eigenvalue weighted by molar-refractivity contribution is -0.118. The zero-order valence-electron chi connectivity index (χ0n) is 17.2. The van der Waals surface area contributed by atoms with Gasteiger partial charge in [0.1, 0.15) is 0 Å². The van der Waals surface area contributed by atoms with Crippen molar-refractivity contribution in [2.45, 2.75) is 18.8 Å². The number of methoxy groups -OCH3 is 3. The quantitative estimate of drug-likeness (QED) is 0.499. The minimum Gasteiger partial charge on any atom is -0.493 e. The van der Waals surface area contributed by atoms with Crippen LogP contribution in [0.3, 0.4) is 0 Å². The highest BCUT2D eigenvalue weighted by molar-refractivity contribution is 5.76. The van der Waals surface area contributed by atoms with E-state index in [1.165, 1.54) is 21.3 Å². The molecule has 0 saturated carbocycles. The number of hydrogen-bond donors (Lipinski definition) is 3. The fourth-order valence-electron chi connectivity index (χ4n) is 3.60. The van der Waals surface area contributed by atoms with Crippen LogP contribution in [0.2, 0.25) is 0 Å². The van der Waals surface area contributed by atoms with Gasteiger partial charge in [0, 0.05) is 30.0 Å². The number of nitrogens with two attached hydrogens (primary N) is 1. The van der Waals surface area contributed by atoms with Crippen LogP contribution in [0.1, 0.15) is 34.7 Å². The van der Waals surface area contributed by atoms with E-state index in [9.17, 15) is 9.59 Å². The molecule has 0 saturated heterocycles. The molecule has 1 amide bonds. The van der Waals surface area contributed by atoms with Gasteiger partial charge in [0.25, 0.3) is 5.56 Å². The second-order valence-electron chi connectivity index (χ2n) is 6.82. The summed E-state index contributed by atoms with van der Waals surface area (Å²) in [5.74, 6) is 0.162. The molecule has 1 unspecified atom stereocenters. The van der Waals surface area contributed by atoms with E-state index in [-0.39, 0.29) is 12.0 Å². The molecule has 0 aliphatic carbocycles. The van der Waals surface area contributed by atoms with E-state index in [1.54, 1.807) is 12.1 Å². The third-order valence-electron chi connectivity index (χ3n) is 4.96. The predicted molar refractivity (Wildman–Crippen MR) is 112 cm³/mol. The molecule has 1 atom stereocenters. The maximum Gasteiger partial charge on any atom is 0.267 e. The van der Waals surface area contributed by atoms with Crippen LogP contribution in [0.25, 0.3) is 0 Å². The molecule has 1 aromatic heterocycles. The molecule has 4 N–H and O–H groups in total. The molecule has 1 heterocycles. The number of carbonyl (C=O) groups excluding carboxylic acids is 1. The van der Waals surface area contributed by atoms with Gasteiger partial charge in [0.05, 0.1) is 21.3 Å². The van der Waals surface area contributed by atoms with E-state index in [0.717, 1.165) is 5.56 Å². The predicted octanol–water partition coefficient (Wildman–Crippen LogP) is 2.33. The molecule has 0 aliphatic heterocycles. The van der Waals surface area contributed by atoms with Crippen LogP contribution < -0.4 is 25.5 Å². The van der Waals surface area contributed by atoms with E-state index in [2.05, 4.69) is 10.2 Å². The number of amides is 1. The van der Waals surface area contributed by atoms with Gasteiger partial charge in [-0.15, -0.1) is 0 Å². The molecule has 0 aliphatic rings. The van der Waals surface area contributed by atoms with Gasteiger partial charge in [-0.2, -0.15) is 0 Å². The van der Waals surface area contributed by atoms with Crippen LogP contribution in [-0.2, 0) is 11.2 Å². The largest absolute Gasteiger partial charge is 0.493 e. The number of ether oxygens (including phenoxy) is 3. The number of H-pyrrole nitrogens is 2. The molecule has 3 rings (SSSR count). The minimum atomic E-state index is -0.593. The molecule has 2 aromatic carbocycles. The van der Waals surface area contributed by atoms with E-state index in [4.69, 9.17) is 19.9 Å². The zero-order valence-corrected chi connectivity index (χ0v) is 17.2. The van der Waals surface area contributed by atoms with Crippen molar-refractivity contribution < 1.29 is 19.0 Å². The third-order valence-corrected chi connectivity index (χ3v) is 4.96. The Kier molecular flexibility index (Phi) is 6.46. The highest BCUT2D eigenvalue weighted by atomic mass is 16.5.